The first-order valence-corrected chi connectivity index (χ1v) is 10.5. The standard InChI is InChI=1S/C21H39FN2/c1-16(2)19-13-20(14-19)24-11-7-21(22,8-12-24)15-18-5-9-23(10-6-18)17(3)4/h16-20H,5-15H2,1-4H3. The fraction of sp³-hybridized carbons (Fsp3) is 1.00. The molecule has 2 nitrogen and oxygen atoms in total. The van der Waals surface area contributed by atoms with Gasteiger partial charge in [-0.25, -0.2) is 4.39 Å². The van der Waals surface area contributed by atoms with Gasteiger partial charge in [0.2, 0.25) is 0 Å². The highest BCUT2D eigenvalue weighted by Gasteiger charge is 2.42. The monoisotopic (exact) mass is 338 g/mol. The molecule has 3 fully saturated rings. The van der Waals surface area contributed by atoms with E-state index in [1.807, 2.05) is 0 Å². The van der Waals surface area contributed by atoms with Gasteiger partial charge in [-0.15, -0.1) is 0 Å². The van der Waals surface area contributed by atoms with Gasteiger partial charge in [0, 0.05) is 25.2 Å². The third-order valence-corrected chi connectivity index (χ3v) is 7.34. The molecular formula is C21H39FN2. The van der Waals surface area contributed by atoms with Gasteiger partial charge in [0.05, 0.1) is 0 Å². The quantitative estimate of drug-likeness (QED) is 0.714. The second kappa shape index (κ2) is 7.61. The summed E-state index contributed by atoms with van der Waals surface area (Å²) in [4.78, 5) is 5.14. The summed E-state index contributed by atoms with van der Waals surface area (Å²) in [6.07, 6.45) is 7.49. The van der Waals surface area contributed by atoms with Crippen LogP contribution in [0.1, 0.15) is 72.6 Å². The van der Waals surface area contributed by atoms with Gasteiger partial charge < -0.3 is 9.80 Å². The molecule has 1 saturated carbocycles. The van der Waals surface area contributed by atoms with E-state index in [2.05, 4.69) is 37.5 Å². The summed E-state index contributed by atoms with van der Waals surface area (Å²) in [5.41, 5.74) is -0.873. The van der Waals surface area contributed by atoms with Crippen molar-refractivity contribution in [2.75, 3.05) is 26.2 Å². The van der Waals surface area contributed by atoms with Gasteiger partial charge in [0.1, 0.15) is 5.67 Å². The zero-order chi connectivity index (χ0) is 17.3. The van der Waals surface area contributed by atoms with E-state index < -0.39 is 5.67 Å². The number of hydrogen-bond donors (Lipinski definition) is 0. The van der Waals surface area contributed by atoms with Gasteiger partial charge in [-0.3, -0.25) is 0 Å². The molecule has 0 atom stereocenters. The molecular weight excluding hydrogens is 299 g/mol. The molecule has 24 heavy (non-hydrogen) atoms. The first-order valence-electron chi connectivity index (χ1n) is 10.5. The Hall–Kier alpha value is -0.150. The Morgan fingerprint density at radius 2 is 1.54 bits per heavy atom. The topological polar surface area (TPSA) is 6.48 Å². The molecule has 0 unspecified atom stereocenters. The molecule has 3 aliphatic rings. The third-order valence-electron chi connectivity index (χ3n) is 7.34. The van der Waals surface area contributed by atoms with Crippen LogP contribution in [-0.2, 0) is 0 Å². The minimum Gasteiger partial charge on any atom is -0.301 e. The number of likely N-dealkylation sites (tertiary alicyclic amines) is 2. The second-order valence-corrected chi connectivity index (χ2v) is 9.59. The average molecular weight is 339 g/mol. The van der Waals surface area contributed by atoms with Crippen molar-refractivity contribution in [3.63, 3.8) is 0 Å². The smallest absolute Gasteiger partial charge is 0.113 e. The van der Waals surface area contributed by atoms with Gasteiger partial charge in [-0.1, -0.05) is 13.8 Å². The minimum absolute atomic E-state index is 0.616. The summed E-state index contributed by atoms with van der Waals surface area (Å²) >= 11 is 0. The Kier molecular flexibility index (Phi) is 5.91. The molecule has 2 heterocycles. The molecule has 1 aliphatic carbocycles. The average Bonchev–Trinajstić information content (AvgIpc) is 2.48. The number of piperidine rings is 2. The number of alkyl halides is 1. The Morgan fingerprint density at radius 1 is 0.958 bits per heavy atom. The molecule has 0 spiro atoms. The molecule has 0 aromatic heterocycles. The van der Waals surface area contributed by atoms with E-state index in [1.165, 1.54) is 38.8 Å². The summed E-state index contributed by atoms with van der Waals surface area (Å²) in [7, 11) is 0. The Labute approximate surface area is 149 Å². The number of hydrogen-bond acceptors (Lipinski definition) is 2. The fourth-order valence-corrected chi connectivity index (χ4v) is 5.16. The second-order valence-electron chi connectivity index (χ2n) is 9.59. The van der Waals surface area contributed by atoms with Crippen LogP contribution in [0.15, 0.2) is 0 Å². The molecule has 2 aliphatic heterocycles. The number of halogens is 1. The highest BCUT2D eigenvalue weighted by molar-refractivity contribution is 4.95. The summed E-state index contributed by atoms with van der Waals surface area (Å²) in [5, 5.41) is 0. The molecule has 0 N–H and O–H groups in total. The largest absolute Gasteiger partial charge is 0.301 e. The van der Waals surface area contributed by atoms with Crippen molar-refractivity contribution in [1.82, 2.24) is 9.80 Å². The van der Waals surface area contributed by atoms with Crippen LogP contribution in [0.4, 0.5) is 4.39 Å². The van der Waals surface area contributed by atoms with E-state index in [0.29, 0.717) is 12.0 Å². The zero-order valence-corrected chi connectivity index (χ0v) is 16.4. The first kappa shape index (κ1) is 18.6. The predicted octanol–water partition coefficient (Wildman–Crippen LogP) is 4.74. The van der Waals surface area contributed by atoms with Crippen molar-refractivity contribution < 1.29 is 4.39 Å². The van der Waals surface area contributed by atoms with Gasteiger partial charge in [0.15, 0.2) is 0 Å². The lowest BCUT2D eigenvalue weighted by atomic mass is 9.72. The molecule has 0 aromatic carbocycles. The highest BCUT2D eigenvalue weighted by Crippen LogP contribution is 2.41. The van der Waals surface area contributed by atoms with E-state index in [0.717, 1.165) is 50.2 Å². The molecule has 0 amide bonds. The van der Waals surface area contributed by atoms with Crippen LogP contribution in [0.25, 0.3) is 0 Å². The predicted molar refractivity (Wildman–Crippen MR) is 100 cm³/mol. The maximum Gasteiger partial charge on any atom is 0.113 e. The maximum absolute atomic E-state index is 15.3. The first-order chi connectivity index (χ1) is 11.4. The summed E-state index contributed by atoms with van der Waals surface area (Å²) in [6.45, 7) is 13.6. The number of rotatable bonds is 5. The fourth-order valence-electron chi connectivity index (χ4n) is 5.16. The number of nitrogens with zero attached hydrogens (tertiary/aromatic N) is 2. The van der Waals surface area contributed by atoms with Crippen molar-refractivity contribution in [3.05, 3.63) is 0 Å². The van der Waals surface area contributed by atoms with Crippen molar-refractivity contribution in [2.45, 2.75) is 90.4 Å². The van der Waals surface area contributed by atoms with Crippen molar-refractivity contribution >= 4 is 0 Å². The normalized spacial score (nSPS) is 33.1. The van der Waals surface area contributed by atoms with Gasteiger partial charge in [0.25, 0.3) is 0 Å². The van der Waals surface area contributed by atoms with Crippen molar-refractivity contribution in [3.8, 4) is 0 Å². The van der Waals surface area contributed by atoms with E-state index in [-0.39, 0.29) is 0 Å². The van der Waals surface area contributed by atoms with Crippen LogP contribution in [0.2, 0.25) is 0 Å². The van der Waals surface area contributed by atoms with Crippen LogP contribution in [-0.4, -0.2) is 53.7 Å². The summed E-state index contributed by atoms with van der Waals surface area (Å²) < 4.78 is 15.3. The molecule has 0 aromatic rings. The molecule has 0 radical (unpaired) electrons. The van der Waals surface area contributed by atoms with Gasteiger partial charge >= 0.3 is 0 Å². The Balaban J connectivity index is 1.39. The van der Waals surface area contributed by atoms with Crippen LogP contribution >= 0.6 is 0 Å². The lowest BCUT2D eigenvalue weighted by Gasteiger charge is -2.49. The highest BCUT2D eigenvalue weighted by atomic mass is 19.1. The van der Waals surface area contributed by atoms with E-state index in [1.54, 1.807) is 0 Å². The molecule has 3 rings (SSSR count). The van der Waals surface area contributed by atoms with E-state index in [9.17, 15) is 0 Å². The van der Waals surface area contributed by atoms with Crippen LogP contribution in [0.5, 0.6) is 0 Å². The summed E-state index contributed by atoms with van der Waals surface area (Å²) in [5.74, 6) is 2.35. The third kappa shape index (κ3) is 4.33. The maximum atomic E-state index is 15.3. The summed E-state index contributed by atoms with van der Waals surface area (Å²) in [6, 6.07) is 1.40. The Bertz CT molecular complexity index is 387. The van der Waals surface area contributed by atoms with E-state index in [4.69, 9.17) is 0 Å². The zero-order valence-electron chi connectivity index (χ0n) is 16.4. The van der Waals surface area contributed by atoms with Crippen molar-refractivity contribution in [2.24, 2.45) is 17.8 Å². The van der Waals surface area contributed by atoms with E-state index >= 15 is 4.39 Å². The lowest BCUT2D eigenvalue weighted by molar-refractivity contribution is -0.0211. The van der Waals surface area contributed by atoms with Gasteiger partial charge in [-0.05, 0) is 89.6 Å². The van der Waals surface area contributed by atoms with Crippen molar-refractivity contribution in [1.29, 1.82) is 0 Å². The molecule has 0 bridgehead atoms. The molecule has 140 valence electrons. The SMILES string of the molecule is CC(C)C1CC(N2CCC(F)(CC3CCN(C(C)C)CC3)CC2)C1. The van der Waals surface area contributed by atoms with Crippen LogP contribution in [0.3, 0.4) is 0 Å². The lowest BCUT2D eigenvalue weighted by Crippen LogP contribution is -2.52. The Morgan fingerprint density at radius 3 is 2.04 bits per heavy atom. The van der Waals surface area contributed by atoms with Crippen LogP contribution in [0, 0.1) is 17.8 Å². The van der Waals surface area contributed by atoms with Gasteiger partial charge in [-0.2, -0.15) is 0 Å². The molecule has 3 heteroatoms. The van der Waals surface area contributed by atoms with Crippen LogP contribution < -0.4 is 0 Å². The molecule has 2 saturated heterocycles. The minimum atomic E-state index is -0.873.